The number of fused-ring (bicyclic) bond motifs is 1. The Labute approximate surface area is 185 Å². The number of amides is 1. The molecule has 0 aliphatic carbocycles. The fourth-order valence-electron chi connectivity index (χ4n) is 4.89. The van der Waals surface area contributed by atoms with Crippen molar-refractivity contribution in [2.24, 2.45) is 5.92 Å². The molecule has 4 unspecified atom stereocenters. The summed E-state index contributed by atoms with van der Waals surface area (Å²) in [5.41, 5.74) is 9.35. The van der Waals surface area contributed by atoms with Gasteiger partial charge in [0, 0.05) is 17.2 Å². The van der Waals surface area contributed by atoms with Gasteiger partial charge in [-0.1, -0.05) is 48.5 Å². The number of carboxylic acids is 1. The average Bonchev–Trinajstić information content (AvgIpc) is 3.38. The molecule has 2 aliphatic rings. The normalized spacial score (nSPS) is 24.4. The van der Waals surface area contributed by atoms with Crippen LogP contribution in [0.25, 0.3) is 0 Å². The maximum atomic E-state index is 13.6. The van der Waals surface area contributed by atoms with Crippen LogP contribution in [-0.2, 0) is 4.79 Å². The highest BCUT2D eigenvalue weighted by molar-refractivity contribution is 6.02. The van der Waals surface area contributed by atoms with Gasteiger partial charge in [0.2, 0.25) is 5.91 Å². The summed E-state index contributed by atoms with van der Waals surface area (Å²) >= 11 is 0. The lowest BCUT2D eigenvalue weighted by Crippen LogP contribution is -2.41. The summed E-state index contributed by atoms with van der Waals surface area (Å²) in [6.45, 7) is 0. The summed E-state index contributed by atoms with van der Waals surface area (Å²) in [6.07, 6.45) is 0. The molecule has 2 heterocycles. The number of hydrogen-bond donors (Lipinski definition) is 3. The molecule has 0 saturated carbocycles. The lowest BCUT2D eigenvalue weighted by atomic mass is 9.83. The van der Waals surface area contributed by atoms with E-state index in [4.69, 9.17) is 4.74 Å². The lowest BCUT2D eigenvalue weighted by molar-refractivity contribution is -0.119. The van der Waals surface area contributed by atoms with Gasteiger partial charge in [-0.05, 0) is 35.9 Å². The molecule has 0 radical (unpaired) electrons. The highest BCUT2D eigenvalue weighted by atomic mass is 16.5. The Hall–Kier alpha value is -3.68. The molecule has 2 fully saturated rings. The van der Waals surface area contributed by atoms with Crippen molar-refractivity contribution in [1.82, 2.24) is 10.9 Å². The number of ether oxygens (including phenoxy) is 1. The van der Waals surface area contributed by atoms with Crippen LogP contribution in [0.3, 0.4) is 0 Å². The molecule has 32 heavy (non-hydrogen) atoms. The molecule has 5 rings (SSSR count). The molecule has 0 spiro atoms. The maximum Gasteiger partial charge on any atom is 0.335 e. The number of para-hydroxylation sites is 1. The fourth-order valence-corrected chi connectivity index (χ4v) is 4.89. The van der Waals surface area contributed by atoms with Crippen LogP contribution in [0.2, 0.25) is 0 Å². The number of methoxy groups -OCH3 is 1. The Balaban J connectivity index is 1.64. The number of anilines is 1. The Morgan fingerprint density at radius 2 is 1.56 bits per heavy atom. The minimum atomic E-state index is -1.00. The van der Waals surface area contributed by atoms with Gasteiger partial charge in [-0.25, -0.2) is 15.6 Å². The largest absolute Gasteiger partial charge is 0.496 e. The number of nitrogens with one attached hydrogen (secondary N) is 2. The van der Waals surface area contributed by atoms with E-state index in [-0.39, 0.29) is 29.5 Å². The van der Waals surface area contributed by atoms with Crippen molar-refractivity contribution in [2.45, 2.75) is 18.1 Å². The number of nitrogens with zero attached hydrogens (tertiary/aromatic N) is 1. The van der Waals surface area contributed by atoms with E-state index >= 15 is 0 Å². The van der Waals surface area contributed by atoms with Crippen LogP contribution >= 0.6 is 0 Å². The van der Waals surface area contributed by atoms with Crippen molar-refractivity contribution in [1.29, 1.82) is 0 Å². The lowest BCUT2D eigenvalue weighted by Gasteiger charge is -2.32. The standard InChI is InChI=1S/C25H23N3O4/c1-32-19-10-6-5-9-18(19)23-20-21(15-7-3-2-4-8-15)26-27-22(20)24(29)28(23)17-13-11-16(12-14-17)25(30)31/h2-14,20-23,26-27H,1H3,(H,30,31). The zero-order chi connectivity index (χ0) is 22.2. The van der Waals surface area contributed by atoms with Crippen LogP contribution in [0.5, 0.6) is 5.75 Å². The number of hydrazine groups is 1. The molecular weight excluding hydrogens is 406 g/mol. The van der Waals surface area contributed by atoms with E-state index in [0.29, 0.717) is 11.4 Å². The van der Waals surface area contributed by atoms with E-state index in [2.05, 4.69) is 23.0 Å². The van der Waals surface area contributed by atoms with Crippen molar-refractivity contribution in [3.8, 4) is 5.75 Å². The second-order valence-electron chi connectivity index (χ2n) is 7.98. The topological polar surface area (TPSA) is 90.9 Å². The molecule has 1 amide bonds. The van der Waals surface area contributed by atoms with E-state index < -0.39 is 12.0 Å². The van der Waals surface area contributed by atoms with Crippen molar-refractivity contribution in [3.05, 3.63) is 95.6 Å². The Kier molecular flexibility index (Phi) is 5.13. The van der Waals surface area contributed by atoms with E-state index in [1.807, 2.05) is 42.5 Å². The minimum Gasteiger partial charge on any atom is -0.496 e. The molecule has 162 valence electrons. The first-order valence-electron chi connectivity index (χ1n) is 10.5. The number of carboxylic acid groups (broad SMARTS) is 1. The summed E-state index contributed by atoms with van der Waals surface area (Å²) in [5.74, 6) is -0.477. The third-order valence-electron chi connectivity index (χ3n) is 6.32. The van der Waals surface area contributed by atoms with Gasteiger partial charge in [0.05, 0.1) is 24.8 Å². The third kappa shape index (κ3) is 3.23. The van der Waals surface area contributed by atoms with E-state index in [0.717, 1.165) is 11.1 Å². The molecule has 4 atom stereocenters. The highest BCUT2D eigenvalue weighted by Gasteiger charge is 2.56. The molecule has 2 aliphatic heterocycles. The van der Waals surface area contributed by atoms with Gasteiger partial charge < -0.3 is 14.7 Å². The Morgan fingerprint density at radius 3 is 2.25 bits per heavy atom. The summed E-state index contributed by atoms with van der Waals surface area (Å²) < 4.78 is 5.66. The van der Waals surface area contributed by atoms with Gasteiger partial charge in [0.1, 0.15) is 11.8 Å². The molecular formula is C25H23N3O4. The predicted octanol–water partition coefficient (Wildman–Crippen LogP) is 3.32. The van der Waals surface area contributed by atoms with Crippen LogP contribution in [0.1, 0.15) is 33.6 Å². The van der Waals surface area contributed by atoms with Crippen LogP contribution in [0, 0.1) is 5.92 Å². The molecule has 7 heteroatoms. The summed E-state index contributed by atoms with van der Waals surface area (Å²) in [7, 11) is 1.62. The van der Waals surface area contributed by atoms with Crippen LogP contribution in [-0.4, -0.2) is 30.1 Å². The molecule has 0 aromatic heterocycles. The third-order valence-corrected chi connectivity index (χ3v) is 6.32. The molecule has 3 aromatic carbocycles. The highest BCUT2D eigenvalue weighted by Crippen LogP contribution is 2.50. The smallest absolute Gasteiger partial charge is 0.335 e. The molecule has 7 nitrogen and oxygen atoms in total. The van der Waals surface area contributed by atoms with Crippen molar-refractivity contribution < 1.29 is 19.4 Å². The Bertz CT molecular complexity index is 1150. The van der Waals surface area contributed by atoms with E-state index in [9.17, 15) is 14.7 Å². The summed E-state index contributed by atoms with van der Waals surface area (Å²) in [4.78, 5) is 26.7. The van der Waals surface area contributed by atoms with E-state index in [1.54, 1.807) is 24.1 Å². The van der Waals surface area contributed by atoms with Crippen molar-refractivity contribution in [2.75, 3.05) is 12.0 Å². The van der Waals surface area contributed by atoms with Crippen molar-refractivity contribution >= 4 is 17.6 Å². The fraction of sp³-hybridized carbons (Fsp3) is 0.200. The first-order chi connectivity index (χ1) is 15.6. The number of benzene rings is 3. The minimum absolute atomic E-state index is 0.0695. The molecule has 0 bridgehead atoms. The zero-order valence-electron chi connectivity index (χ0n) is 17.4. The van der Waals surface area contributed by atoms with Gasteiger partial charge in [0.25, 0.3) is 0 Å². The number of hydrogen-bond acceptors (Lipinski definition) is 5. The summed E-state index contributed by atoms with van der Waals surface area (Å²) in [6, 6.07) is 23.4. The number of carbonyl (C=O) groups excluding carboxylic acids is 1. The van der Waals surface area contributed by atoms with Crippen LogP contribution in [0.4, 0.5) is 5.69 Å². The molecule has 3 aromatic rings. The first kappa shape index (κ1) is 20.2. The number of carbonyl (C=O) groups is 2. The number of rotatable bonds is 5. The first-order valence-corrected chi connectivity index (χ1v) is 10.5. The van der Waals surface area contributed by atoms with Gasteiger partial charge >= 0.3 is 5.97 Å². The van der Waals surface area contributed by atoms with Crippen LogP contribution < -0.4 is 20.5 Å². The predicted molar refractivity (Wildman–Crippen MR) is 119 cm³/mol. The van der Waals surface area contributed by atoms with Gasteiger partial charge in [-0.15, -0.1) is 0 Å². The summed E-state index contributed by atoms with van der Waals surface area (Å²) in [5, 5.41) is 9.27. The molecule has 3 N–H and O–H groups in total. The maximum absolute atomic E-state index is 13.6. The van der Waals surface area contributed by atoms with Crippen LogP contribution in [0.15, 0.2) is 78.9 Å². The van der Waals surface area contributed by atoms with E-state index in [1.165, 1.54) is 12.1 Å². The monoisotopic (exact) mass is 429 g/mol. The van der Waals surface area contributed by atoms with Gasteiger partial charge in [-0.2, -0.15) is 0 Å². The number of aromatic carboxylic acids is 1. The zero-order valence-corrected chi connectivity index (χ0v) is 17.4. The second kappa shape index (κ2) is 8.11. The SMILES string of the molecule is COc1ccccc1C1C2C(NNC2c2ccccc2)C(=O)N1c1ccc(C(=O)O)cc1. The quantitative estimate of drug-likeness (QED) is 0.577. The van der Waals surface area contributed by atoms with Gasteiger partial charge in [0.15, 0.2) is 0 Å². The average molecular weight is 429 g/mol. The van der Waals surface area contributed by atoms with Gasteiger partial charge in [-0.3, -0.25) is 4.79 Å². The van der Waals surface area contributed by atoms with Crippen molar-refractivity contribution in [3.63, 3.8) is 0 Å². The molecule has 2 saturated heterocycles. The second-order valence-corrected chi connectivity index (χ2v) is 7.98. The Morgan fingerprint density at radius 1 is 0.906 bits per heavy atom.